The van der Waals surface area contributed by atoms with Crippen molar-refractivity contribution in [3.05, 3.63) is 81.7 Å². The maximum atomic E-state index is 13.1. The van der Waals surface area contributed by atoms with Crippen molar-refractivity contribution in [3.8, 4) is 0 Å². The van der Waals surface area contributed by atoms with Gasteiger partial charge in [-0.05, 0) is 61.4 Å². The average molecular weight is 502 g/mol. The van der Waals surface area contributed by atoms with Gasteiger partial charge in [-0.2, -0.15) is 0 Å². The second kappa shape index (κ2) is 12.5. The van der Waals surface area contributed by atoms with Gasteiger partial charge >= 0.3 is 0 Å². The van der Waals surface area contributed by atoms with Gasteiger partial charge in [-0.1, -0.05) is 43.5 Å². The SMILES string of the molecule is CCCCN(Cc1ccco1)c1ccc(NC(=O)c2ccc(Cl)cc2Cl)cc1C(=O)NCCC. The van der Waals surface area contributed by atoms with Gasteiger partial charge in [0.05, 0.1) is 34.6 Å². The second-order valence-corrected chi connectivity index (χ2v) is 8.76. The molecule has 1 aromatic heterocycles. The van der Waals surface area contributed by atoms with Crippen LogP contribution in [-0.4, -0.2) is 24.9 Å². The summed E-state index contributed by atoms with van der Waals surface area (Å²) in [6.45, 7) is 5.98. The van der Waals surface area contributed by atoms with Gasteiger partial charge in [-0.15, -0.1) is 0 Å². The lowest BCUT2D eigenvalue weighted by Crippen LogP contribution is -2.30. The summed E-state index contributed by atoms with van der Waals surface area (Å²) in [6.07, 6.45) is 4.44. The van der Waals surface area contributed by atoms with Crippen molar-refractivity contribution in [2.75, 3.05) is 23.3 Å². The Balaban J connectivity index is 1.93. The predicted octanol–water partition coefficient (Wildman–Crippen LogP) is 6.79. The largest absolute Gasteiger partial charge is 0.467 e. The maximum absolute atomic E-state index is 13.1. The summed E-state index contributed by atoms with van der Waals surface area (Å²) in [4.78, 5) is 28.0. The molecule has 1 heterocycles. The summed E-state index contributed by atoms with van der Waals surface area (Å²) in [5, 5.41) is 6.50. The molecule has 3 rings (SSSR count). The van der Waals surface area contributed by atoms with Crippen molar-refractivity contribution in [1.82, 2.24) is 5.32 Å². The van der Waals surface area contributed by atoms with E-state index in [9.17, 15) is 9.59 Å². The van der Waals surface area contributed by atoms with Crippen molar-refractivity contribution in [3.63, 3.8) is 0 Å². The van der Waals surface area contributed by atoms with Crippen LogP contribution in [0.3, 0.4) is 0 Å². The lowest BCUT2D eigenvalue weighted by atomic mass is 10.1. The van der Waals surface area contributed by atoms with E-state index in [4.69, 9.17) is 27.6 Å². The van der Waals surface area contributed by atoms with Crippen LogP contribution in [0.4, 0.5) is 11.4 Å². The Kier molecular flexibility index (Phi) is 9.42. The molecule has 6 nitrogen and oxygen atoms in total. The number of rotatable bonds is 11. The zero-order valence-electron chi connectivity index (χ0n) is 19.4. The van der Waals surface area contributed by atoms with Crippen molar-refractivity contribution < 1.29 is 14.0 Å². The molecule has 0 spiro atoms. The van der Waals surface area contributed by atoms with E-state index >= 15 is 0 Å². The number of anilines is 2. The van der Waals surface area contributed by atoms with Crippen LogP contribution in [0.5, 0.6) is 0 Å². The highest BCUT2D eigenvalue weighted by atomic mass is 35.5. The van der Waals surface area contributed by atoms with Crippen molar-refractivity contribution in [2.24, 2.45) is 0 Å². The Morgan fingerprint density at radius 3 is 2.47 bits per heavy atom. The molecule has 0 fully saturated rings. The van der Waals surface area contributed by atoms with E-state index in [1.54, 1.807) is 30.5 Å². The third-order valence-corrected chi connectivity index (χ3v) is 5.81. The number of nitrogens with zero attached hydrogens (tertiary/aromatic N) is 1. The minimum atomic E-state index is -0.382. The fourth-order valence-electron chi connectivity index (χ4n) is 3.50. The Labute approximate surface area is 210 Å². The highest BCUT2D eigenvalue weighted by Gasteiger charge is 2.20. The molecule has 0 aliphatic rings. The fourth-order valence-corrected chi connectivity index (χ4v) is 4.00. The van der Waals surface area contributed by atoms with Crippen molar-refractivity contribution >= 4 is 46.4 Å². The highest BCUT2D eigenvalue weighted by Crippen LogP contribution is 2.28. The van der Waals surface area contributed by atoms with Gasteiger partial charge in [0.1, 0.15) is 5.76 Å². The standard InChI is InChI=1S/C26H29Cl2N3O3/c1-3-5-13-31(17-20-7-6-14-34-20)24-11-9-19(16-22(24)25(32)29-12-4-2)30-26(33)21-10-8-18(27)15-23(21)28/h6-11,14-16H,3-5,12-13,17H2,1-2H3,(H,29,32)(H,30,33). The number of unbranched alkanes of at least 4 members (excludes halogenated alkanes) is 1. The van der Waals surface area contributed by atoms with Crippen LogP contribution < -0.4 is 15.5 Å². The zero-order valence-corrected chi connectivity index (χ0v) is 20.9. The van der Waals surface area contributed by atoms with Gasteiger partial charge in [-0.25, -0.2) is 0 Å². The quantitative estimate of drug-likeness (QED) is 0.303. The molecule has 0 saturated heterocycles. The third-order valence-electron chi connectivity index (χ3n) is 5.26. The van der Waals surface area contributed by atoms with E-state index in [0.29, 0.717) is 34.9 Å². The lowest BCUT2D eigenvalue weighted by molar-refractivity contribution is 0.0952. The molecule has 0 radical (unpaired) electrons. The normalized spacial score (nSPS) is 10.7. The number of amides is 2. The Morgan fingerprint density at radius 2 is 1.79 bits per heavy atom. The van der Waals surface area contributed by atoms with Gasteiger partial charge in [0.25, 0.3) is 11.8 Å². The van der Waals surface area contributed by atoms with E-state index in [1.165, 1.54) is 6.07 Å². The molecule has 0 aliphatic heterocycles. The second-order valence-electron chi connectivity index (χ2n) is 7.92. The summed E-state index contributed by atoms with van der Waals surface area (Å²) in [6, 6.07) is 13.8. The van der Waals surface area contributed by atoms with Crippen LogP contribution in [0, 0.1) is 0 Å². The molecule has 0 saturated carbocycles. The van der Waals surface area contributed by atoms with Crippen molar-refractivity contribution in [2.45, 2.75) is 39.7 Å². The average Bonchev–Trinajstić information content (AvgIpc) is 3.33. The number of carbonyl (C=O) groups is 2. The first-order valence-electron chi connectivity index (χ1n) is 11.4. The minimum absolute atomic E-state index is 0.196. The van der Waals surface area contributed by atoms with E-state index < -0.39 is 0 Å². The molecule has 2 amide bonds. The zero-order chi connectivity index (χ0) is 24.5. The molecule has 2 aromatic carbocycles. The summed E-state index contributed by atoms with van der Waals surface area (Å²) in [5.41, 5.74) is 2.06. The Morgan fingerprint density at radius 1 is 0.971 bits per heavy atom. The van der Waals surface area contributed by atoms with Gasteiger partial charge in [0.15, 0.2) is 0 Å². The van der Waals surface area contributed by atoms with Crippen LogP contribution in [0.2, 0.25) is 10.0 Å². The number of hydrogen-bond donors (Lipinski definition) is 2. The predicted molar refractivity (Wildman–Crippen MR) is 138 cm³/mol. The van der Waals surface area contributed by atoms with Gasteiger partial charge in [0.2, 0.25) is 0 Å². The maximum Gasteiger partial charge on any atom is 0.257 e. The Bertz CT molecular complexity index is 1120. The van der Waals surface area contributed by atoms with E-state index in [0.717, 1.165) is 37.3 Å². The molecule has 2 N–H and O–H groups in total. The summed E-state index contributed by atoms with van der Waals surface area (Å²) in [5.74, 6) is 0.233. The highest BCUT2D eigenvalue weighted by molar-refractivity contribution is 6.37. The molecule has 0 unspecified atom stereocenters. The third kappa shape index (κ3) is 6.78. The number of halogens is 2. The van der Waals surface area contributed by atoms with Gasteiger partial charge < -0.3 is 20.0 Å². The van der Waals surface area contributed by atoms with E-state index in [2.05, 4.69) is 22.5 Å². The number of furan rings is 1. The number of benzene rings is 2. The van der Waals surface area contributed by atoms with E-state index in [-0.39, 0.29) is 16.8 Å². The summed E-state index contributed by atoms with van der Waals surface area (Å²) < 4.78 is 5.55. The molecular formula is C26H29Cl2N3O3. The summed E-state index contributed by atoms with van der Waals surface area (Å²) >= 11 is 12.1. The number of nitrogens with one attached hydrogen (secondary N) is 2. The molecule has 8 heteroatoms. The first-order valence-corrected chi connectivity index (χ1v) is 12.1. The monoisotopic (exact) mass is 501 g/mol. The number of hydrogen-bond acceptors (Lipinski definition) is 4. The minimum Gasteiger partial charge on any atom is -0.467 e. The molecule has 180 valence electrons. The Hall–Kier alpha value is -2.96. The van der Waals surface area contributed by atoms with Crippen LogP contribution >= 0.6 is 23.2 Å². The molecule has 0 atom stereocenters. The van der Waals surface area contributed by atoms with Gasteiger partial charge in [0, 0.05) is 23.8 Å². The molecule has 0 bridgehead atoms. The smallest absolute Gasteiger partial charge is 0.257 e. The van der Waals surface area contributed by atoms with Crippen LogP contribution in [0.1, 0.15) is 59.6 Å². The van der Waals surface area contributed by atoms with Crippen LogP contribution in [0.15, 0.2) is 59.2 Å². The van der Waals surface area contributed by atoms with Crippen molar-refractivity contribution in [1.29, 1.82) is 0 Å². The van der Waals surface area contributed by atoms with Gasteiger partial charge in [-0.3, -0.25) is 9.59 Å². The lowest BCUT2D eigenvalue weighted by Gasteiger charge is -2.26. The first-order chi connectivity index (χ1) is 16.4. The molecule has 0 aliphatic carbocycles. The number of carbonyl (C=O) groups excluding carboxylic acids is 2. The fraction of sp³-hybridized carbons (Fsp3) is 0.308. The molecule has 34 heavy (non-hydrogen) atoms. The topological polar surface area (TPSA) is 74.6 Å². The molecule has 3 aromatic rings. The first kappa shape index (κ1) is 25.7. The summed E-state index contributed by atoms with van der Waals surface area (Å²) in [7, 11) is 0. The van der Waals surface area contributed by atoms with Crippen LogP contribution in [-0.2, 0) is 6.54 Å². The molecular weight excluding hydrogens is 473 g/mol. The van der Waals surface area contributed by atoms with E-state index in [1.807, 2.05) is 25.1 Å². The van der Waals surface area contributed by atoms with Crippen LogP contribution in [0.25, 0.3) is 0 Å².